The Labute approximate surface area is 149 Å². The number of carbonyl (C=O) groups is 1. The number of amides is 2. The molecular weight excluding hydrogens is 322 g/mol. The molecule has 1 saturated carbocycles. The van der Waals surface area contributed by atoms with Crippen molar-refractivity contribution in [3.8, 4) is 0 Å². The van der Waals surface area contributed by atoms with Gasteiger partial charge in [-0.1, -0.05) is 23.7 Å². The first kappa shape index (κ1) is 16.2. The van der Waals surface area contributed by atoms with Crippen molar-refractivity contribution in [1.29, 1.82) is 0 Å². The van der Waals surface area contributed by atoms with Crippen LogP contribution in [0.5, 0.6) is 0 Å². The number of rotatable bonds is 3. The third-order valence-corrected chi connectivity index (χ3v) is 6.22. The highest BCUT2D eigenvalue weighted by atomic mass is 35.5. The highest BCUT2D eigenvalue weighted by Crippen LogP contribution is 2.39. The Kier molecular flexibility index (Phi) is 4.68. The summed E-state index contributed by atoms with van der Waals surface area (Å²) in [4.78, 5) is 17.2. The number of hydrogen-bond donors (Lipinski definition) is 1. The predicted octanol–water partition coefficient (Wildman–Crippen LogP) is 3.47. The molecule has 1 N–H and O–H groups in total. The molecule has 2 atom stereocenters. The van der Waals surface area contributed by atoms with Crippen molar-refractivity contribution in [3.05, 3.63) is 34.9 Å². The van der Waals surface area contributed by atoms with E-state index in [4.69, 9.17) is 11.6 Å². The molecule has 2 heterocycles. The van der Waals surface area contributed by atoms with Crippen molar-refractivity contribution >= 4 is 17.6 Å². The van der Waals surface area contributed by atoms with Crippen molar-refractivity contribution < 1.29 is 4.79 Å². The first-order valence-corrected chi connectivity index (χ1v) is 9.63. The monoisotopic (exact) mass is 347 g/mol. The first-order chi connectivity index (χ1) is 11.7. The van der Waals surface area contributed by atoms with E-state index < -0.39 is 0 Å². The molecule has 0 radical (unpaired) electrons. The van der Waals surface area contributed by atoms with E-state index in [0.29, 0.717) is 18.0 Å². The highest BCUT2D eigenvalue weighted by Gasteiger charge is 2.40. The van der Waals surface area contributed by atoms with E-state index in [1.165, 1.54) is 5.56 Å². The van der Waals surface area contributed by atoms with E-state index in [-0.39, 0.29) is 6.03 Å². The Bertz CT molecular complexity index is 602. The van der Waals surface area contributed by atoms with E-state index in [0.717, 1.165) is 63.3 Å². The van der Waals surface area contributed by atoms with Crippen LogP contribution in [0.25, 0.3) is 0 Å². The van der Waals surface area contributed by atoms with E-state index in [1.54, 1.807) is 0 Å². The molecule has 5 heteroatoms. The molecule has 24 heavy (non-hydrogen) atoms. The largest absolute Gasteiger partial charge is 0.320 e. The first-order valence-electron chi connectivity index (χ1n) is 9.26. The molecule has 3 aliphatic rings. The molecule has 130 valence electrons. The zero-order chi connectivity index (χ0) is 16.5. The second-order valence-electron chi connectivity index (χ2n) is 7.37. The summed E-state index contributed by atoms with van der Waals surface area (Å²) in [7, 11) is 0. The normalized spacial score (nSPS) is 28.8. The maximum atomic E-state index is 12.9. The molecule has 2 aliphatic heterocycles. The Balaban J connectivity index is 1.39. The molecule has 4 rings (SSSR count). The average Bonchev–Trinajstić information content (AvgIpc) is 3.22. The molecule has 4 nitrogen and oxygen atoms in total. The summed E-state index contributed by atoms with van der Waals surface area (Å²) in [5.74, 6) is 0.537. The molecule has 3 fully saturated rings. The number of piperidine rings is 1. The molecular formula is C19H26ClN3O. The molecule has 0 bridgehead atoms. The Morgan fingerprint density at radius 2 is 1.75 bits per heavy atom. The summed E-state index contributed by atoms with van der Waals surface area (Å²) >= 11 is 6.14. The van der Waals surface area contributed by atoms with Gasteiger partial charge in [0.15, 0.2) is 0 Å². The lowest BCUT2D eigenvalue weighted by molar-refractivity contribution is 0.156. The third-order valence-electron chi connectivity index (χ3n) is 5.99. The SMILES string of the molecule is O=C1N(C2CCNCC2)CCN1[C@@H]1CC[C@@H](c2cccc(Cl)c2)C1. The van der Waals surface area contributed by atoms with Crippen LogP contribution in [0.3, 0.4) is 0 Å². The lowest BCUT2D eigenvalue weighted by atomic mass is 9.97. The van der Waals surface area contributed by atoms with Crippen LogP contribution in [-0.4, -0.2) is 54.1 Å². The summed E-state index contributed by atoms with van der Waals surface area (Å²) in [6.07, 6.45) is 5.53. The zero-order valence-electron chi connectivity index (χ0n) is 14.1. The van der Waals surface area contributed by atoms with Crippen LogP contribution in [0.1, 0.15) is 43.6 Å². The number of benzene rings is 1. The highest BCUT2D eigenvalue weighted by molar-refractivity contribution is 6.30. The van der Waals surface area contributed by atoms with E-state index >= 15 is 0 Å². The standard InChI is InChI=1S/C19H26ClN3O/c20-16-3-1-2-14(12-16)15-4-5-18(13-15)23-11-10-22(19(23)24)17-6-8-21-9-7-17/h1-3,12,15,17-18,21H,4-11,13H2/t15-,18-/m1/s1. The summed E-state index contributed by atoms with van der Waals surface area (Å²) in [5.41, 5.74) is 1.33. The fourth-order valence-electron chi connectivity index (χ4n) is 4.67. The van der Waals surface area contributed by atoms with Gasteiger partial charge in [0, 0.05) is 30.2 Å². The van der Waals surface area contributed by atoms with E-state index in [1.807, 2.05) is 12.1 Å². The molecule has 1 aromatic carbocycles. The van der Waals surface area contributed by atoms with Crippen LogP contribution in [0.4, 0.5) is 4.79 Å². The summed E-state index contributed by atoms with van der Waals surface area (Å²) < 4.78 is 0. The van der Waals surface area contributed by atoms with Crippen LogP contribution >= 0.6 is 11.6 Å². The second-order valence-corrected chi connectivity index (χ2v) is 7.81. The minimum absolute atomic E-state index is 0.277. The number of nitrogens with zero attached hydrogens (tertiary/aromatic N) is 2. The van der Waals surface area contributed by atoms with Gasteiger partial charge in [-0.25, -0.2) is 4.79 Å². The summed E-state index contributed by atoms with van der Waals surface area (Å²) in [5, 5.41) is 4.20. The molecule has 1 aromatic rings. The number of carbonyl (C=O) groups excluding carboxylic acids is 1. The fraction of sp³-hybridized carbons (Fsp3) is 0.632. The van der Waals surface area contributed by atoms with Gasteiger partial charge in [0.05, 0.1) is 0 Å². The molecule has 1 aliphatic carbocycles. The third kappa shape index (κ3) is 3.14. The van der Waals surface area contributed by atoms with E-state index in [2.05, 4.69) is 27.2 Å². The van der Waals surface area contributed by atoms with Gasteiger partial charge in [-0.2, -0.15) is 0 Å². The van der Waals surface area contributed by atoms with Gasteiger partial charge in [0.1, 0.15) is 0 Å². The molecule has 2 saturated heterocycles. The molecule has 0 unspecified atom stereocenters. The molecule has 0 spiro atoms. The number of halogens is 1. The lowest BCUT2D eigenvalue weighted by Crippen LogP contribution is -2.46. The quantitative estimate of drug-likeness (QED) is 0.908. The predicted molar refractivity (Wildman–Crippen MR) is 96.5 cm³/mol. The Morgan fingerprint density at radius 3 is 2.50 bits per heavy atom. The van der Waals surface area contributed by atoms with Crippen LogP contribution in [0, 0.1) is 0 Å². The summed E-state index contributed by atoms with van der Waals surface area (Å²) in [6.45, 7) is 3.88. The maximum Gasteiger partial charge on any atom is 0.320 e. The Morgan fingerprint density at radius 1 is 1.00 bits per heavy atom. The van der Waals surface area contributed by atoms with Gasteiger partial charge in [-0.05, 0) is 68.8 Å². The van der Waals surface area contributed by atoms with Crippen molar-refractivity contribution in [1.82, 2.24) is 15.1 Å². The average molecular weight is 348 g/mol. The van der Waals surface area contributed by atoms with Gasteiger partial charge < -0.3 is 15.1 Å². The van der Waals surface area contributed by atoms with E-state index in [9.17, 15) is 4.79 Å². The lowest BCUT2D eigenvalue weighted by Gasteiger charge is -2.32. The van der Waals surface area contributed by atoms with Crippen LogP contribution < -0.4 is 5.32 Å². The van der Waals surface area contributed by atoms with Crippen molar-refractivity contribution in [2.45, 2.75) is 50.1 Å². The zero-order valence-corrected chi connectivity index (χ0v) is 14.8. The van der Waals surface area contributed by atoms with Gasteiger partial charge in [0.2, 0.25) is 0 Å². The van der Waals surface area contributed by atoms with Gasteiger partial charge in [0.25, 0.3) is 0 Å². The van der Waals surface area contributed by atoms with Crippen molar-refractivity contribution in [2.24, 2.45) is 0 Å². The van der Waals surface area contributed by atoms with Crippen LogP contribution in [-0.2, 0) is 0 Å². The summed E-state index contributed by atoms with van der Waals surface area (Å²) in [6, 6.07) is 9.33. The second kappa shape index (κ2) is 6.93. The van der Waals surface area contributed by atoms with Gasteiger partial charge in [-0.3, -0.25) is 0 Å². The van der Waals surface area contributed by atoms with Crippen LogP contribution in [0.15, 0.2) is 24.3 Å². The molecule has 2 amide bonds. The van der Waals surface area contributed by atoms with Gasteiger partial charge >= 0.3 is 6.03 Å². The number of urea groups is 1. The topological polar surface area (TPSA) is 35.6 Å². The minimum Gasteiger partial charge on any atom is -0.320 e. The Hall–Kier alpha value is -1.26. The van der Waals surface area contributed by atoms with Gasteiger partial charge in [-0.15, -0.1) is 0 Å². The fourth-order valence-corrected chi connectivity index (χ4v) is 4.87. The number of nitrogens with one attached hydrogen (secondary N) is 1. The minimum atomic E-state index is 0.277. The van der Waals surface area contributed by atoms with Crippen molar-refractivity contribution in [2.75, 3.05) is 26.2 Å². The molecule has 0 aromatic heterocycles. The van der Waals surface area contributed by atoms with Crippen molar-refractivity contribution in [3.63, 3.8) is 0 Å². The van der Waals surface area contributed by atoms with Crippen LogP contribution in [0.2, 0.25) is 5.02 Å². The maximum absolute atomic E-state index is 12.9. The smallest absolute Gasteiger partial charge is 0.320 e. The number of hydrogen-bond acceptors (Lipinski definition) is 2.